The van der Waals surface area contributed by atoms with Crippen LogP contribution < -0.4 is 0 Å². The van der Waals surface area contributed by atoms with E-state index in [0.717, 1.165) is 25.6 Å². The number of rotatable bonds is 4. The summed E-state index contributed by atoms with van der Waals surface area (Å²) in [5.41, 5.74) is 0.366. The smallest absolute Gasteiger partial charge is 0.0542 e. The Morgan fingerprint density at radius 3 is 2.40 bits per heavy atom. The zero-order chi connectivity index (χ0) is 10.7. The molecule has 88 valence electrons. The Morgan fingerprint density at radius 1 is 1.27 bits per heavy atom. The van der Waals surface area contributed by atoms with Gasteiger partial charge in [-0.3, -0.25) is 0 Å². The normalized spacial score (nSPS) is 28.4. The van der Waals surface area contributed by atoms with Gasteiger partial charge >= 0.3 is 0 Å². The molecular weight excluding hydrogens is 188 g/mol. The van der Waals surface area contributed by atoms with Gasteiger partial charge < -0.3 is 9.84 Å². The maximum atomic E-state index is 9.52. The van der Waals surface area contributed by atoms with Crippen LogP contribution in [0.4, 0.5) is 0 Å². The molecule has 1 aliphatic carbocycles. The Hall–Kier alpha value is -0.0800. The first kappa shape index (κ1) is 11.4. The third-order valence-corrected chi connectivity index (χ3v) is 4.21. The van der Waals surface area contributed by atoms with Crippen LogP contribution in [0.1, 0.15) is 45.4 Å². The molecule has 0 amide bonds. The van der Waals surface area contributed by atoms with Gasteiger partial charge in [0.25, 0.3) is 0 Å². The van der Waals surface area contributed by atoms with Crippen LogP contribution in [0, 0.1) is 17.3 Å². The first-order valence-electron chi connectivity index (χ1n) is 6.42. The first-order chi connectivity index (χ1) is 7.23. The van der Waals surface area contributed by atoms with Crippen LogP contribution in [0.15, 0.2) is 0 Å². The molecule has 2 nitrogen and oxygen atoms in total. The van der Waals surface area contributed by atoms with E-state index in [1.165, 1.54) is 32.1 Å². The summed E-state index contributed by atoms with van der Waals surface area (Å²) in [6.07, 6.45) is 7.97. The third-order valence-electron chi connectivity index (χ3n) is 4.21. The van der Waals surface area contributed by atoms with Crippen LogP contribution in [0.5, 0.6) is 0 Å². The van der Waals surface area contributed by atoms with Crippen molar-refractivity contribution < 1.29 is 9.84 Å². The molecular formula is C13H24O2. The topological polar surface area (TPSA) is 29.5 Å². The second kappa shape index (κ2) is 4.84. The van der Waals surface area contributed by atoms with Gasteiger partial charge in [0.1, 0.15) is 0 Å². The van der Waals surface area contributed by atoms with Crippen molar-refractivity contribution in [2.75, 3.05) is 19.8 Å². The molecule has 1 heterocycles. The van der Waals surface area contributed by atoms with E-state index >= 15 is 0 Å². The van der Waals surface area contributed by atoms with E-state index in [0.29, 0.717) is 17.9 Å². The second-order valence-corrected chi connectivity index (χ2v) is 5.85. The molecule has 0 spiro atoms. The molecule has 1 saturated heterocycles. The fourth-order valence-corrected chi connectivity index (χ4v) is 3.19. The zero-order valence-electron chi connectivity index (χ0n) is 9.87. The maximum Gasteiger partial charge on any atom is 0.0542 e. The highest BCUT2D eigenvalue weighted by molar-refractivity contribution is 4.86. The number of ether oxygens (including phenoxy) is 1. The van der Waals surface area contributed by atoms with Crippen molar-refractivity contribution in [1.29, 1.82) is 0 Å². The van der Waals surface area contributed by atoms with Gasteiger partial charge in [0.2, 0.25) is 0 Å². The molecule has 1 aliphatic heterocycles. The van der Waals surface area contributed by atoms with Gasteiger partial charge in [-0.15, -0.1) is 0 Å². The molecule has 0 radical (unpaired) electrons. The molecule has 2 aliphatic rings. The summed E-state index contributed by atoms with van der Waals surface area (Å²) in [5.74, 6) is 1.31. The highest BCUT2D eigenvalue weighted by Crippen LogP contribution is 2.40. The highest BCUT2D eigenvalue weighted by atomic mass is 16.5. The molecule has 1 N–H and O–H groups in total. The van der Waals surface area contributed by atoms with Crippen molar-refractivity contribution in [3.8, 4) is 0 Å². The van der Waals surface area contributed by atoms with Gasteiger partial charge in [0.05, 0.1) is 13.2 Å². The monoisotopic (exact) mass is 212 g/mol. The van der Waals surface area contributed by atoms with Gasteiger partial charge in [-0.1, -0.05) is 39.0 Å². The molecule has 1 unspecified atom stereocenters. The summed E-state index contributed by atoms with van der Waals surface area (Å²) in [5, 5.41) is 9.52. The van der Waals surface area contributed by atoms with Crippen molar-refractivity contribution in [2.24, 2.45) is 17.3 Å². The molecule has 15 heavy (non-hydrogen) atoms. The standard InChI is InChI=1S/C13H24O2/c1-13(9-15-10-13)7-12(8-14)11-5-3-2-4-6-11/h11-12,14H,2-10H2,1H3. The Morgan fingerprint density at radius 2 is 1.93 bits per heavy atom. The minimum Gasteiger partial charge on any atom is -0.396 e. The van der Waals surface area contributed by atoms with E-state index in [1.54, 1.807) is 0 Å². The Bertz CT molecular complexity index is 193. The molecule has 0 bridgehead atoms. The Kier molecular flexibility index (Phi) is 3.68. The fraction of sp³-hybridized carbons (Fsp3) is 1.00. The Labute approximate surface area is 93.0 Å². The van der Waals surface area contributed by atoms with E-state index < -0.39 is 0 Å². The average Bonchev–Trinajstić information content (AvgIpc) is 2.25. The van der Waals surface area contributed by atoms with Crippen LogP contribution in [-0.4, -0.2) is 24.9 Å². The van der Waals surface area contributed by atoms with Crippen molar-refractivity contribution >= 4 is 0 Å². The minimum atomic E-state index is 0.366. The van der Waals surface area contributed by atoms with Gasteiger partial charge in [-0.2, -0.15) is 0 Å². The molecule has 0 aromatic heterocycles. The molecule has 2 fully saturated rings. The zero-order valence-corrected chi connectivity index (χ0v) is 9.87. The van der Waals surface area contributed by atoms with Gasteiger partial charge in [0, 0.05) is 12.0 Å². The maximum absolute atomic E-state index is 9.52. The molecule has 1 atom stereocenters. The number of aliphatic hydroxyl groups excluding tert-OH is 1. The lowest BCUT2D eigenvalue weighted by Crippen LogP contribution is -2.43. The molecule has 1 saturated carbocycles. The van der Waals surface area contributed by atoms with E-state index in [4.69, 9.17) is 4.74 Å². The lowest BCUT2D eigenvalue weighted by atomic mass is 9.71. The summed E-state index contributed by atoms with van der Waals surface area (Å²) in [6.45, 7) is 4.47. The van der Waals surface area contributed by atoms with Crippen LogP contribution in [0.3, 0.4) is 0 Å². The van der Waals surface area contributed by atoms with Crippen molar-refractivity contribution in [3.63, 3.8) is 0 Å². The van der Waals surface area contributed by atoms with E-state index in [-0.39, 0.29) is 0 Å². The molecule has 2 rings (SSSR count). The van der Waals surface area contributed by atoms with Crippen LogP contribution in [0.25, 0.3) is 0 Å². The van der Waals surface area contributed by atoms with Crippen LogP contribution >= 0.6 is 0 Å². The molecule has 0 aromatic carbocycles. The second-order valence-electron chi connectivity index (χ2n) is 5.85. The third kappa shape index (κ3) is 2.73. The van der Waals surface area contributed by atoms with Crippen molar-refractivity contribution in [1.82, 2.24) is 0 Å². The first-order valence-corrected chi connectivity index (χ1v) is 6.42. The summed E-state index contributed by atoms with van der Waals surface area (Å²) < 4.78 is 5.29. The van der Waals surface area contributed by atoms with E-state index in [9.17, 15) is 5.11 Å². The van der Waals surface area contributed by atoms with E-state index in [2.05, 4.69) is 6.92 Å². The lowest BCUT2D eigenvalue weighted by molar-refractivity contribution is -0.120. The predicted molar refractivity (Wildman–Crippen MR) is 60.7 cm³/mol. The van der Waals surface area contributed by atoms with Crippen LogP contribution in [0.2, 0.25) is 0 Å². The molecule has 0 aromatic rings. The average molecular weight is 212 g/mol. The molecule has 2 heteroatoms. The van der Waals surface area contributed by atoms with Gasteiger partial charge in [-0.05, 0) is 18.3 Å². The quantitative estimate of drug-likeness (QED) is 0.776. The Balaban J connectivity index is 1.85. The predicted octanol–water partition coefficient (Wildman–Crippen LogP) is 2.60. The number of hydrogen-bond donors (Lipinski definition) is 1. The van der Waals surface area contributed by atoms with E-state index in [1.807, 2.05) is 0 Å². The summed E-state index contributed by atoms with van der Waals surface area (Å²) >= 11 is 0. The minimum absolute atomic E-state index is 0.366. The number of aliphatic hydroxyl groups is 1. The number of hydrogen-bond acceptors (Lipinski definition) is 2. The van der Waals surface area contributed by atoms with Gasteiger partial charge in [-0.25, -0.2) is 0 Å². The fourth-order valence-electron chi connectivity index (χ4n) is 3.19. The summed E-state index contributed by atoms with van der Waals surface area (Å²) in [6, 6.07) is 0. The largest absolute Gasteiger partial charge is 0.396 e. The van der Waals surface area contributed by atoms with Crippen molar-refractivity contribution in [2.45, 2.75) is 45.4 Å². The highest BCUT2D eigenvalue weighted by Gasteiger charge is 2.37. The van der Waals surface area contributed by atoms with Crippen molar-refractivity contribution in [3.05, 3.63) is 0 Å². The lowest BCUT2D eigenvalue weighted by Gasteiger charge is -2.42. The summed E-state index contributed by atoms with van der Waals surface area (Å²) in [7, 11) is 0. The summed E-state index contributed by atoms with van der Waals surface area (Å²) in [4.78, 5) is 0. The SMILES string of the molecule is CC1(CC(CO)C2CCCCC2)COC1. The van der Waals surface area contributed by atoms with Gasteiger partial charge in [0.15, 0.2) is 0 Å². The van der Waals surface area contributed by atoms with Crippen LogP contribution in [-0.2, 0) is 4.74 Å².